The van der Waals surface area contributed by atoms with Gasteiger partial charge < -0.3 is 14.2 Å². The van der Waals surface area contributed by atoms with Gasteiger partial charge in [0.15, 0.2) is 11.5 Å². The second kappa shape index (κ2) is 8.45. The molecule has 6 heteroatoms. The largest absolute Gasteiger partial charge is 0.493 e. The molecule has 0 radical (unpaired) electrons. The predicted molar refractivity (Wildman–Crippen MR) is 101 cm³/mol. The zero-order valence-electron chi connectivity index (χ0n) is 16.2. The molecule has 1 atom stereocenters. The Labute approximate surface area is 155 Å². The van der Waals surface area contributed by atoms with E-state index in [0.717, 1.165) is 30.8 Å². The van der Waals surface area contributed by atoms with Crippen molar-refractivity contribution in [2.75, 3.05) is 27.9 Å². The maximum Gasteiger partial charge on any atom is 0.203 e. The first kappa shape index (κ1) is 18.6. The Morgan fingerprint density at radius 3 is 2.35 bits per heavy atom. The molecule has 26 heavy (non-hydrogen) atoms. The Kier molecular flexibility index (Phi) is 6.04. The van der Waals surface area contributed by atoms with E-state index >= 15 is 0 Å². The third-order valence-electron chi connectivity index (χ3n) is 5.05. The first-order chi connectivity index (χ1) is 12.7. The number of hydrogen-bond acceptors (Lipinski definition) is 5. The fraction of sp³-hybridized carbons (Fsp3) is 0.550. The quantitative estimate of drug-likeness (QED) is 0.789. The van der Waals surface area contributed by atoms with Crippen LogP contribution in [-0.2, 0) is 13.6 Å². The monoisotopic (exact) mass is 359 g/mol. The third kappa shape index (κ3) is 3.96. The van der Waals surface area contributed by atoms with Gasteiger partial charge in [-0.05, 0) is 43.1 Å². The molecule has 0 unspecified atom stereocenters. The van der Waals surface area contributed by atoms with Gasteiger partial charge in [0.25, 0.3) is 0 Å². The first-order valence-corrected chi connectivity index (χ1v) is 9.18. The Balaban J connectivity index is 1.89. The van der Waals surface area contributed by atoms with Crippen molar-refractivity contribution in [3.8, 4) is 17.2 Å². The molecule has 6 nitrogen and oxygen atoms in total. The molecular weight excluding hydrogens is 330 g/mol. The van der Waals surface area contributed by atoms with Gasteiger partial charge in [0.1, 0.15) is 0 Å². The Morgan fingerprint density at radius 1 is 1.04 bits per heavy atom. The fourth-order valence-corrected chi connectivity index (χ4v) is 3.76. The normalized spacial score (nSPS) is 18.4. The molecule has 1 aliphatic heterocycles. The summed E-state index contributed by atoms with van der Waals surface area (Å²) in [5, 5.41) is 4.67. The Bertz CT molecular complexity index is 704. The van der Waals surface area contributed by atoms with Gasteiger partial charge in [0, 0.05) is 19.8 Å². The molecule has 1 aliphatic rings. The van der Waals surface area contributed by atoms with Gasteiger partial charge in [-0.25, -0.2) is 0 Å². The number of hydrogen-bond donors (Lipinski definition) is 0. The van der Waals surface area contributed by atoms with Gasteiger partial charge >= 0.3 is 0 Å². The number of likely N-dealkylation sites (tertiary alicyclic amines) is 1. The molecule has 2 aromatic rings. The van der Waals surface area contributed by atoms with E-state index in [1.165, 1.54) is 19.3 Å². The van der Waals surface area contributed by atoms with E-state index in [4.69, 9.17) is 14.2 Å². The summed E-state index contributed by atoms with van der Waals surface area (Å²) in [5.74, 6) is 2.04. The lowest BCUT2D eigenvalue weighted by Gasteiger charge is -2.29. The average Bonchev–Trinajstić information content (AvgIpc) is 2.95. The first-order valence-electron chi connectivity index (χ1n) is 9.18. The van der Waals surface area contributed by atoms with Crippen molar-refractivity contribution < 1.29 is 14.2 Å². The highest BCUT2D eigenvalue weighted by atomic mass is 16.5. The maximum atomic E-state index is 5.51. The second-order valence-corrected chi connectivity index (χ2v) is 6.78. The lowest BCUT2D eigenvalue weighted by atomic mass is 10.1. The third-order valence-corrected chi connectivity index (χ3v) is 5.05. The highest BCUT2D eigenvalue weighted by Gasteiger charge is 2.25. The van der Waals surface area contributed by atoms with Crippen molar-refractivity contribution >= 4 is 0 Å². The summed E-state index contributed by atoms with van der Waals surface area (Å²) in [7, 11) is 6.92. The zero-order chi connectivity index (χ0) is 18.5. The minimum Gasteiger partial charge on any atom is -0.493 e. The second-order valence-electron chi connectivity index (χ2n) is 6.78. The minimum absolute atomic E-state index is 0.345. The summed E-state index contributed by atoms with van der Waals surface area (Å²) < 4.78 is 18.3. The molecule has 1 aromatic heterocycles. The zero-order valence-corrected chi connectivity index (χ0v) is 16.2. The van der Waals surface area contributed by atoms with Crippen LogP contribution in [0.1, 0.15) is 43.0 Å². The van der Waals surface area contributed by atoms with Gasteiger partial charge in [0.2, 0.25) is 5.75 Å². The van der Waals surface area contributed by atoms with Gasteiger partial charge in [-0.2, -0.15) is 5.10 Å². The van der Waals surface area contributed by atoms with Crippen molar-refractivity contribution in [1.29, 1.82) is 0 Å². The van der Waals surface area contributed by atoms with Crippen LogP contribution >= 0.6 is 0 Å². The lowest BCUT2D eigenvalue weighted by molar-refractivity contribution is 0.187. The van der Waals surface area contributed by atoms with Crippen molar-refractivity contribution in [2.45, 2.75) is 38.3 Å². The standard InChI is InChI=1S/C20H29N3O3/c1-22-11-9-16(21-22)17-8-6-5-7-10-23(17)14-15-12-18(24-2)20(26-4)19(13-15)25-3/h9,11-13,17H,5-8,10,14H2,1-4H3/t17-/m0/s1. The van der Waals surface area contributed by atoms with Crippen LogP contribution in [0.15, 0.2) is 24.4 Å². The number of ether oxygens (including phenoxy) is 3. The smallest absolute Gasteiger partial charge is 0.203 e. The molecule has 0 saturated carbocycles. The number of aromatic nitrogens is 2. The molecular formula is C20H29N3O3. The van der Waals surface area contributed by atoms with Gasteiger partial charge in [-0.3, -0.25) is 9.58 Å². The van der Waals surface area contributed by atoms with Crippen LogP contribution in [0.25, 0.3) is 0 Å². The fourth-order valence-electron chi connectivity index (χ4n) is 3.76. The molecule has 1 saturated heterocycles. The van der Waals surface area contributed by atoms with Crippen LogP contribution in [0.4, 0.5) is 0 Å². The summed E-state index contributed by atoms with van der Waals surface area (Å²) in [6.45, 7) is 1.90. The van der Waals surface area contributed by atoms with E-state index in [9.17, 15) is 0 Å². The van der Waals surface area contributed by atoms with Gasteiger partial charge in [-0.1, -0.05) is 12.8 Å². The molecule has 0 spiro atoms. The van der Waals surface area contributed by atoms with Crippen molar-refractivity contribution in [3.63, 3.8) is 0 Å². The van der Waals surface area contributed by atoms with E-state index < -0.39 is 0 Å². The molecule has 0 bridgehead atoms. The summed E-state index contributed by atoms with van der Waals surface area (Å²) in [6.07, 6.45) is 6.90. The van der Waals surface area contributed by atoms with Crippen LogP contribution in [0.5, 0.6) is 17.2 Å². The maximum absolute atomic E-state index is 5.51. The molecule has 0 N–H and O–H groups in total. The van der Waals surface area contributed by atoms with Crippen LogP contribution < -0.4 is 14.2 Å². The predicted octanol–water partition coefficient (Wildman–Crippen LogP) is 3.56. The van der Waals surface area contributed by atoms with Crippen LogP contribution in [0, 0.1) is 0 Å². The average molecular weight is 359 g/mol. The SMILES string of the molecule is COc1cc(CN2CCCCC[C@H]2c2ccn(C)n2)cc(OC)c1OC. The minimum atomic E-state index is 0.345. The van der Waals surface area contributed by atoms with Crippen LogP contribution in [0.2, 0.25) is 0 Å². The van der Waals surface area contributed by atoms with E-state index in [-0.39, 0.29) is 0 Å². The topological polar surface area (TPSA) is 48.8 Å². The summed E-state index contributed by atoms with van der Waals surface area (Å²) >= 11 is 0. The Hall–Kier alpha value is -2.21. The van der Waals surface area contributed by atoms with Crippen LogP contribution in [0.3, 0.4) is 0 Å². The highest BCUT2D eigenvalue weighted by molar-refractivity contribution is 5.53. The van der Waals surface area contributed by atoms with E-state index in [0.29, 0.717) is 23.3 Å². The van der Waals surface area contributed by atoms with Crippen LogP contribution in [-0.4, -0.2) is 42.6 Å². The number of rotatable bonds is 6. The van der Waals surface area contributed by atoms with E-state index in [2.05, 4.69) is 16.1 Å². The number of aryl methyl sites for hydroxylation is 1. The van der Waals surface area contributed by atoms with Crippen molar-refractivity contribution in [2.24, 2.45) is 7.05 Å². The number of methoxy groups -OCH3 is 3. The molecule has 3 rings (SSSR count). The molecule has 0 amide bonds. The number of nitrogens with zero attached hydrogens (tertiary/aromatic N) is 3. The molecule has 1 aromatic carbocycles. The summed E-state index contributed by atoms with van der Waals surface area (Å²) in [6, 6.07) is 6.57. The molecule has 1 fully saturated rings. The van der Waals surface area contributed by atoms with E-state index in [1.54, 1.807) is 21.3 Å². The molecule has 142 valence electrons. The van der Waals surface area contributed by atoms with Gasteiger partial charge in [-0.15, -0.1) is 0 Å². The van der Waals surface area contributed by atoms with E-state index in [1.807, 2.05) is 30.1 Å². The summed E-state index contributed by atoms with van der Waals surface area (Å²) in [4.78, 5) is 2.52. The molecule has 2 heterocycles. The summed E-state index contributed by atoms with van der Waals surface area (Å²) in [5.41, 5.74) is 2.31. The van der Waals surface area contributed by atoms with Crippen molar-refractivity contribution in [1.82, 2.24) is 14.7 Å². The highest BCUT2D eigenvalue weighted by Crippen LogP contribution is 2.39. The molecule has 0 aliphatic carbocycles. The number of benzene rings is 1. The van der Waals surface area contributed by atoms with Gasteiger partial charge in [0.05, 0.1) is 33.1 Å². The Morgan fingerprint density at radius 2 is 1.77 bits per heavy atom. The van der Waals surface area contributed by atoms with Crippen molar-refractivity contribution in [3.05, 3.63) is 35.7 Å². The lowest BCUT2D eigenvalue weighted by Crippen LogP contribution is -2.28.